The number of aromatic nitrogens is 2. The van der Waals surface area contributed by atoms with E-state index in [1.807, 2.05) is 30.3 Å². The second-order valence-electron chi connectivity index (χ2n) is 4.95. The summed E-state index contributed by atoms with van der Waals surface area (Å²) in [6.45, 7) is 0. The van der Waals surface area contributed by atoms with E-state index in [2.05, 4.69) is 15.5 Å². The quantitative estimate of drug-likeness (QED) is 0.895. The molecule has 3 rings (SSSR count). The molecule has 5 nitrogen and oxygen atoms in total. The van der Waals surface area contributed by atoms with Crippen molar-refractivity contribution in [2.45, 2.75) is 31.4 Å². The minimum absolute atomic E-state index is 0.0317. The predicted octanol–water partition coefficient (Wildman–Crippen LogP) is 2.14. The summed E-state index contributed by atoms with van der Waals surface area (Å²) in [7, 11) is 0. The van der Waals surface area contributed by atoms with Crippen molar-refractivity contribution in [3.8, 4) is 5.75 Å². The summed E-state index contributed by atoms with van der Waals surface area (Å²) in [5, 5.41) is 9.48. The van der Waals surface area contributed by atoms with Crippen molar-refractivity contribution in [1.82, 2.24) is 15.5 Å². The van der Waals surface area contributed by atoms with Crippen molar-refractivity contribution in [3.05, 3.63) is 48.3 Å². The Labute approximate surface area is 117 Å². The van der Waals surface area contributed by atoms with E-state index >= 15 is 0 Å². The lowest BCUT2D eigenvalue weighted by atomic mass is 10.2. The van der Waals surface area contributed by atoms with Crippen LogP contribution in [0.15, 0.2) is 42.6 Å². The Hall–Kier alpha value is -2.30. The Morgan fingerprint density at radius 2 is 2.10 bits per heavy atom. The summed E-state index contributed by atoms with van der Waals surface area (Å²) in [4.78, 5) is 12.0. The highest BCUT2D eigenvalue weighted by atomic mass is 16.5. The van der Waals surface area contributed by atoms with E-state index in [0.29, 0.717) is 5.69 Å². The molecule has 104 valence electrons. The van der Waals surface area contributed by atoms with Crippen molar-refractivity contribution in [2.75, 3.05) is 0 Å². The van der Waals surface area contributed by atoms with Gasteiger partial charge in [-0.05, 0) is 37.5 Å². The number of para-hydroxylation sites is 1. The van der Waals surface area contributed by atoms with Crippen LogP contribution in [0.25, 0.3) is 0 Å². The molecular formula is C15H17N3O2. The van der Waals surface area contributed by atoms with Crippen molar-refractivity contribution in [3.63, 3.8) is 0 Å². The number of H-pyrrole nitrogens is 1. The van der Waals surface area contributed by atoms with Gasteiger partial charge in [-0.2, -0.15) is 5.10 Å². The van der Waals surface area contributed by atoms with E-state index in [4.69, 9.17) is 4.74 Å². The zero-order valence-electron chi connectivity index (χ0n) is 11.1. The minimum Gasteiger partial charge on any atom is -0.488 e. The van der Waals surface area contributed by atoms with Crippen LogP contribution >= 0.6 is 0 Å². The smallest absolute Gasteiger partial charge is 0.269 e. The molecule has 0 bridgehead atoms. The van der Waals surface area contributed by atoms with Crippen LogP contribution in [0.3, 0.4) is 0 Å². The molecule has 0 saturated heterocycles. The first-order chi connectivity index (χ1) is 9.83. The third-order valence-electron chi connectivity index (χ3n) is 3.55. The maximum Gasteiger partial charge on any atom is 0.269 e. The van der Waals surface area contributed by atoms with Crippen LogP contribution in [0.5, 0.6) is 5.75 Å². The van der Waals surface area contributed by atoms with Crippen LogP contribution < -0.4 is 10.1 Å². The number of nitrogens with zero attached hydrogens (tertiary/aromatic N) is 1. The Balaban J connectivity index is 1.62. The van der Waals surface area contributed by atoms with Gasteiger partial charge in [0.05, 0.1) is 6.04 Å². The number of carbonyl (C=O) groups excluding carboxylic acids is 1. The molecular weight excluding hydrogens is 254 g/mol. The average molecular weight is 271 g/mol. The zero-order chi connectivity index (χ0) is 13.8. The van der Waals surface area contributed by atoms with Gasteiger partial charge in [0.15, 0.2) is 0 Å². The number of aromatic amines is 1. The molecule has 1 aliphatic rings. The Morgan fingerprint density at radius 1 is 1.25 bits per heavy atom. The second-order valence-corrected chi connectivity index (χ2v) is 4.95. The topological polar surface area (TPSA) is 67.0 Å². The molecule has 2 N–H and O–H groups in total. The first kappa shape index (κ1) is 12.7. The number of hydrogen-bond acceptors (Lipinski definition) is 3. The zero-order valence-corrected chi connectivity index (χ0v) is 11.1. The Bertz CT molecular complexity index is 554. The van der Waals surface area contributed by atoms with Gasteiger partial charge in [-0.3, -0.25) is 9.89 Å². The molecule has 1 saturated carbocycles. The van der Waals surface area contributed by atoms with E-state index in [1.54, 1.807) is 12.3 Å². The number of rotatable bonds is 4. The van der Waals surface area contributed by atoms with Crippen molar-refractivity contribution >= 4 is 5.91 Å². The normalized spacial score (nSPS) is 21.6. The number of benzene rings is 1. The monoisotopic (exact) mass is 271 g/mol. The molecule has 0 aliphatic heterocycles. The fourth-order valence-corrected chi connectivity index (χ4v) is 2.53. The van der Waals surface area contributed by atoms with Gasteiger partial charge in [-0.25, -0.2) is 0 Å². The number of carbonyl (C=O) groups is 1. The fraction of sp³-hybridized carbons (Fsp3) is 0.333. The molecule has 20 heavy (non-hydrogen) atoms. The van der Waals surface area contributed by atoms with Crippen LogP contribution in [-0.4, -0.2) is 28.3 Å². The molecule has 1 heterocycles. The number of ether oxygens (including phenoxy) is 1. The highest BCUT2D eigenvalue weighted by molar-refractivity contribution is 5.92. The second kappa shape index (κ2) is 5.77. The van der Waals surface area contributed by atoms with E-state index < -0.39 is 0 Å². The SMILES string of the molecule is O=C(N[C@H]1CCC[C@H]1Oc1ccccc1)c1ccn[nH]1. The minimum atomic E-state index is -0.129. The van der Waals surface area contributed by atoms with Gasteiger partial charge in [0.2, 0.25) is 0 Å². The molecule has 1 aliphatic carbocycles. The number of amides is 1. The van der Waals surface area contributed by atoms with Crippen molar-refractivity contribution in [1.29, 1.82) is 0 Å². The van der Waals surface area contributed by atoms with Crippen LogP contribution in [0, 0.1) is 0 Å². The van der Waals surface area contributed by atoms with Crippen LogP contribution in [-0.2, 0) is 0 Å². The number of nitrogens with one attached hydrogen (secondary N) is 2. The molecule has 1 fully saturated rings. The standard InChI is InChI=1S/C15H17N3O2/c19-15(13-9-10-16-18-13)17-12-7-4-8-14(12)20-11-5-2-1-3-6-11/h1-3,5-6,9-10,12,14H,4,7-8H2,(H,16,18)(H,17,19)/t12-,14+/m0/s1. The summed E-state index contributed by atoms with van der Waals surface area (Å²) in [5.74, 6) is 0.719. The maximum absolute atomic E-state index is 12.0. The maximum atomic E-state index is 12.0. The first-order valence-electron chi connectivity index (χ1n) is 6.85. The largest absolute Gasteiger partial charge is 0.488 e. The van der Waals surface area contributed by atoms with Crippen LogP contribution in [0.2, 0.25) is 0 Å². The molecule has 1 amide bonds. The first-order valence-corrected chi connectivity index (χ1v) is 6.85. The van der Waals surface area contributed by atoms with Gasteiger partial charge in [0.25, 0.3) is 5.91 Å². The highest BCUT2D eigenvalue weighted by Gasteiger charge is 2.30. The number of hydrogen-bond donors (Lipinski definition) is 2. The lowest BCUT2D eigenvalue weighted by molar-refractivity contribution is 0.0889. The van der Waals surface area contributed by atoms with Crippen LogP contribution in [0.1, 0.15) is 29.8 Å². The third-order valence-corrected chi connectivity index (χ3v) is 3.55. The molecule has 0 radical (unpaired) electrons. The van der Waals surface area contributed by atoms with Crippen molar-refractivity contribution in [2.24, 2.45) is 0 Å². The van der Waals surface area contributed by atoms with E-state index in [9.17, 15) is 4.79 Å². The third kappa shape index (κ3) is 2.82. The Kier molecular flexibility index (Phi) is 3.67. The van der Waals surface area contributed by atoms with Gasteiger partial charge in [-0.15, -0.1) is 0 Å². The lowest BCUT2D eigenvalue weighted by Gasteiger charge is -2.22. The average Bonchev–Trinajstić information content (AvgIpc) is 3.12. The van der Waals surface area contributed by atoms with Crippen molar-refractivity contribution < 1.29 is 9.53 Å². The van der Waals surface area contributed by atoms with Gasteiger partial charge < -0.3 is 10.1 Å². The lowest BCUT2D eigenvalue weighted by Crippen LogP contribution is -2.42. The van der Waals surface area contributed by atoms with E-state index in [1.165, 1.54) is 0 Å². The molecule has 5 heteroatoms. The molecule has 2 atom stereocenters. The molecule has 1 aromatic heterocycles. The summed E-state index contributed by atoms with van der Waals surface area (Å²) < 4.78 is 5.97. The predicted molar refractivity (Wildman–Crippen MR) is 74.6 cm³/mol. The summed E-state index contributed by atoms with van der Waals surface area (Å²) in [5.41, 5.74) is 0.482. The summed E-state index contributed by atoms with van der Waals surface area (Å²) in [6.07, 6.45) is 4.57. The van der Waals surface area contributed by atoms with E-state index in [0.717, 1.165) is 25.0 Å². The summed E-state index contributed by atoms with van der Waals surface area (Å²) in [6, 6.07) is 11.4. The molecule has 2 aromatic rings. The Morgan fingerprint density at radius 3 is 2.85 bits per heavy atom. The van der Waals surface area contributed by atoms with Gasteiger partial charge in [0.1, 0.15) is 17.5 Å². The molecule has 1 aromatic carbocycles. The highest BCUT2D eigenvalue weighted by Crippen LogP contribution is 2.24. The molecule has 0 spiro atoms. The van der Waals surface area contributed by atoms with Gasteiger partial charge in [-0.1, -0.05) is 18.2 Å². The fourth-order valence-electron chi connectivity index (χ4n) is 2.53. The molecule has 0 unspecified atom stereocenters. The van der Waals surface area contributed by atoms with E-state index in [-0.39, 0.29) is 18.1 Å². The van der Waals surface area contributed by atoms with Gasteiger partial charge >= 0.3 is 0 Å². The summed E-state index contributed by atoms with van der Waals surface area (Å²) >= 11 is 0. The van der Waals surface area contributed by atoms with Gasteiger partial charge in [0, 0.05) is 6.20 Å². The van der Waals surface area contributed by atoms with Crippen LogP contribution in [0.4, 0.5) is 0 Å².